The van der Waals surface area contributed by atoms with Gasteiger partial charge in [-0.1, -0.05) is 30.3 Å². The van der Waals surface area contributed by atoms with E-state index < -0.39 is 12.7 Å². The van der Waals surface area contributed by atoms with Gasteiger partial charge in [0.2, 0.25) is 0 Å². The van der Waals surface area contributed by atoms with Crippen LogP contribution in [0.3, 0.4) is 0 Å². The molecule has 2 atom stereocenters. The summed E-state index contributed by atoms with van der Waals surface area (Å²) in [5.74, 6) is 0.309. The first-order chi connectivity index (χ1) is 9.44. The molecule has 2 unspecified atom stereocenters. The van der Waals surface area contributed by atoms with Gasteiger partial charge in [-0.15, -0.1) is 0 Å². The van der Waals surface area contributed by atoms with Gasteiger partial charge in [-0.2, -0.15) is 13.2 Å². The Hall–Kier alpha value is -1.07. The monoisotopic (exact) mass is 286 g/mol. The summed E-state index contributed by atoms with van der Waals surface area (Å²) in [5.41, 5.74) is 1.21. The van der Waals surface area contributed by atoms with Crippen LogP contribution < -0.4 is 5.32 Å². The molecule has 1 aliphatic rings. The van der Waals surface area contributed by atoms with E-state index in [0.717, 1.165) is 13.0 Å². The first-order valence-electron chi connectivity index (χ1n) is 7.01. The van der Waals surface area contributed by atoms with Gasteiger partial charge in [-0.05, 0) is 37.9 Å². The van der Waals surface area contributed by atoms with E-state index in [2.05, 4.69) is 24.4 Å². The van der Waals surface area contributed by atoms with Crippen LogP contribution in [0.25, 0.3) is 0 Å². The highest BCUT2D eigenvalue weighted by molar-refractivity contribution is 5.17. The van der Waals surface area contributed by atoms with Crippen LogP contribution >= 0.6 is 0 Å². The van der Waals surface area contributed by atoms with Gasteiger partial charge in [0.15, 0.2) is 0 Å². The lowest BCUT2D eigenvalue weighted by Gasteiger charge is -2.19. The quantitative estimate of drug-likeness (QED) is 0.894. The number of hydrogen-bond acceptors (Lipinski definition) is 2. The summed E-state index contributed by atoms with van der Waals surface area (Å²) in [5, 5.41) is 3.42. The van der Waals surface area contributed by atoms with Gasteiger partial charge >= 0.3 is 6.18 Å². The Morgan fingerprint density at radius 1 is 1.30 bits per heavy atom. The Morgan fingerprint density at radius 2 is 2.00 bits per heavy atom. The lowest BCUT2D eigenvalue weighted by Crippen LogP contribution is -2.34. The second kappa shape index (κ2) is 6.59. The summed E-state index contributed by atoms with van der Waals surface area (Å²) in [6, 6.07) is 10.3. The van der Waals surface area contributed by atoms with Crippen molar-refractivity contribution in [2.45, 2.75) is 25.6 Å². The Labute approximate surface area is 118 Å². The number of alkyl halides is 3. The standard InChI is InChI=1S/C15H21F3N2/c1-12(14-5-3-2-4-6-14)19-9-13-7-8-20(10-13)11-15(16,17)18/h2-6,12-13,19H,7-11H2,1H3. The van der Waals surface area contributed by atoms with Gasteiger partial charge in [0.1, 0.15) is 0 Å². The van der Waals surface area contributed by atoms with Crippen LogP contribution in [0.1, 0.15) is 24.9 Å². The Balaban J connectivity index is 1.73. The van der Waals surface area contributed by atoms with Crippen molar-refractivity contribution in [2.75, 3.05) is 26.2 Å². The molecule has 0 aliphatic carbocycles. The zero-order valence-electron chi connectivity index (χ0n) is 11.7. The van der Waals surface area contributed by atoms with Gasteiger partial charge in [-0.3, -0.25) is 4.90 Å². The topological polar surface area (TPSA) is 15.3 Å². The lowest BCUT2D eigenvalue weighted by atomic mass is 10.1. The summed E-state index contributed by atoms with van der Waals surface area (Å²) in [6.07, 6.45) is -3.25. The number of hydrogen-bond donors (Lipinski definition) is 1. The number of halogens is 3. The molecule has 1 aliphatic heterocycles. The average molecular weight is 286 g/mol. The van der Waals surface area contributed by atoms with Crippen molar-refractivity contribution in [2.24, 2.45) is 5.92 Å². The molecule has 0 bridgehead atoms. The van der Waals surface area contributed by atoms with Crippen molar-refractivity contribution in [1.82, 2.24) is 10.2 Å². The molecule has 5 heteroatoms. The van der Waals surface area contributed by atoms with E-state index in [4.69, 9.17) is 0 Å². The van der Waals surface area contributed by atoms with Crippen LogP contribution in [0.4, 0.5) is 13.2 Å². The van der Waals surface area contributed by atoms with Crippen molar-refractivity contribution in [1.29, 1.82) is 0 Å². The minimum absolute atomic E-state index is 0.230. The molecule has 2 rings (SSSR count). The van der Waals surface area contributed by atoms with Gasteiger partial charge in [0.05, 0.1) is 6.54 Å². The molecule has 2 nitrogen and oxygen atoms in total. The number of nitrogens with one attached hydrogen (secondary N) is 1. The first kappa shape index (κ1) is 15.3. The molecule has 0 amide bonds. The van der Waals surface area contributed by atoms with Crippen LogP contribution in [0, 0.1) is 5.92 Å². The number of nitrogens with zero attached hydrogens (tertiary/aromatic N) is 1. The van der Waals surface area contributed by atoms with E-state index in [-0.39, 0.29) is 6.04 Å². The Bertz CT molecular complexity index is 405. The summed E-state index contributed by atoms with van der Waals surface area (Å²) in [4.78, 5) is 1.50. The Morgan fingerprint density at radius 3 is 2.65 bits per heavy atom. The van der Waals surface area contributed by atoms with E-state index >= 15 is 0 Å². The zero-order valence-corrected chi connectivity index (χ0v) is 11.7. The SMILES string of the molecule is CC(NCC1CCN(CC(F)(F)F)C1)c1ccccc1. The van der Waals surface area contributed by atoms with Gasteiger partial charge < -0.3 is 5.32 Å². The van der Waals surface area contributed by atoms with Crippen LogP contribution in [0.2, 0.25) is 0 Å². The molecule has 0 saturated carbocycles. The van der Waals surface area contributed by atoms with Gasteiger partial charge in [0, 0.05) is 12.6 Å². The molecule has 1 saturated heterocycles. The number of rotatable bonds is 5. The molecule has 1 heterocycles. The molecule has 20 heavy (non-hydrogen) atoms. The molecule has 0 radical (unpaired) electrons. The smallest absolute Gasteiger partial charge is 0.310 e. The van der Waals surface area contributed by atoms with Gasteiger partial charge in [-0.25, -0.2) is 0 Å². The van der Waals surface area contributed by atoms with E-state index in [0.29, 0.717) is 19.0 Å². The van der Waals surface area contributed by atoms with Crippen LogP contribution in [-0.2, 0) is 0 Å². The van der Waals surface area contributed by atoms with Crippen molar-refractivity contribution in [3.63, 3.8) is 0 Å². The average Bonchev–Trinajstić information content (AvgIpc) is 2.82. The summed E-state index contributed by atoms with van der Waals surface area (Å²) in [7, 11) is 0. The van der Waals surface area contributed by atoms with Crippen molar-refractivity contribution < 1.29 is 13.2 Å². The highest BCUT2D eigenvalue weighted by Gasteiger charge is 2.34. The van der Waals surface area contributed by atoms with Crippen molar-refractivity contribution >= 4 is 0 Å². The maximum Gasteiger partial charge on any atom is 0.401 e. The molecule has 1 fully saturated rings. The van der Waals surface area contributed by atoms with Crippen LogP contribution in [0.5, 0.6) is 0 Å². The number of likely N-dealkylation sites (tertiary alicyclic amines) is 1. The maximum atomic E-state index is 12.3. The van der Waals surface area contributed by atoms with Crippen molar-refractivity contribution in [3.05, 3.63) is 35.9 Å². The molecular formula is C15H21F3N2. The van der Waals surface area contributed by atoms with E-state index in [9.17, 15) is 13.2 Å². The first-order valence-corrected chi connectivity index (χ1v) is 7.01. The normalized spacial score (nSPS) is 22.1. The second-order valence-corrected chi connectivity index (χ2v) is 5.55. The van der Waals surface area contributed by atoms with Crippen LogP contribution in [0.15, 0.2) is 30.3 Å². The minimum atomic E-state index is -4.08. The summed E-state index contributed by atoms with van der Waals surface area (Å²) >= 11 is 0. The van der Waals surface area contributed by atoms with Crippen molar-refractivity contribution in [3.8, 4) is 0 Å². The van der Waals surface area contributed by atoms with E-state index in [1.54, 1.807) is 0 Å². The highest BCUT2D eigenvalue weighted by atomic mass is 19.4. The third-order valence-electron chi connectivity index (χ3n) is 3.79. The predicted octanol–water partition coefficient (Wildman–Crippen LogP) is 3.22. The Kier molecular flexibility index (Phi) is 5.05. The third kappa shape index (κ3) is 4.80. The predicted molar refractivity (Wildman–Crippen MR) is 73.5 cm³/mol. The fourth-order valence-electron chi connectivity index (χ4n) is 2.68. The molecule has 0 aromatic heterocycles. The minimum Gasteiger partial charge on any atom is -0.310 e. The molecule has 0 spiro atoms. The second-order valence-electron chi connectivity index (χ2n) is 5.55. The summed E-state index contributed by atoms with van der Waals surface area (Å²) in [6.45, 7) is 3.15. The molecular weight excluding hydrogens is 265 g/mol. The fourth-order valence-corrected chi connectivity index (χ4v) is 2.68. The maximum absolute atomic E-state index is 12.3. The molecule has 1 N–H and O–H groups in total. The van der Waals surface area contributed by atoms with E-state index in [1.807, 2.05) is 18.2 Å². The third-order valence-corrected chi connectivity index (χ3v) is 3.79. The van der Waals surface area contributed by atoms with Gasteiger partial charge in [0.25, 0.3) is 0 Å². The molecule has 1 aromatic carbocycles. The lowest BCUT2D eigenvalue weighted by molar-refractivity contribution is -0.143. The summed E-state index contributed by atoms with van der Waals surface area (Å²) < 4.78 is 36.9. The van der Waals surface area contributed by atoms with E-state index in [1.165, 1.54) is 10.5 Å². The van der Waals surface area contributed by atoms with Crippen LogP contribution in [-0.4, -0.2) is 37.3 Å². The fraction of sp³-hybridized carbons (Fsp3) is 0.600. The zero-order chi connectivity index (χ0) is 14.6. The number of benzene rings is 1. The largest absolute Gasteiger partial charge is 0.401 e. The molecule has 1 aromatic rings. The highest BCUT2D eigenvalue weighted by Crippen LogP contribution is 2.23. The molecule has 112 valence electrons.